The maximum atomic E-state index is 12.8. The van der Waals surface area contributed by atoms with Gasteiger partial charge in [-0.25, -0.2) is 4.98 Å². The fourth-order valence-corrected chi connectivity index (χ4v) is 4.27. The summed E-state index contributed by atoms with van der Waals surface area (Å²) < 4.78 is 7.12. The summed E-state index contributed by atoms with van der Waals surface area (Å²) in [6, 6.07) is 12.5. The summed E-state index contributed by atoms with van der Waals surface area (Å²) in [7, 11) is 3.75. The van der Waals surface area contributed by atoms with Crippen molar-refractivity contribution >= 4 is 40.0 Å². The van der Waals surface area contributed by atoms with Crippen LogP contribution in [-0.4, -0.2) is 40.1 Å². The fraction of sp³-hybridized carbons (Fsp3) is 0.208. The minimum absolute atomic E-state index is 0.290. The fourth-order valence-electron chi connectivity index (χ4n) is 4.14. The highest BCUT2D eigenvalue weighted by atomic mass is 35.5. The molecule has 9 heteroatoms. The van der Waals surface area contributed by atoms with E-state index in [1.807, 2.05) is 0 Å². The summed E-state index contributed by atoms with van der Waals surface area (Å²) in [5.74, 6) is 1.04. The molecule has 33 heavy (non-hydrogen) atoms. The number of benzene rings is 2. The van der Waals surface area contributed by atoms with Crippen molar-refractivity contribution in [3.05, 3.63) is 75.2 Å². The van der Waals surface area contributed by atoms with Gasteiger partial charge < -0.3 is 20.7 Å². The second kappa shape index (κ2) is 8.38. The Bertz CT molecular complexity index is 1420. The molecule has 0 bridgehead atoms. The number of methoxy groups -OCH3 is 1. The van der Waals surface area contributed by atoms with Crippen molar-refractivity contribution in [2.24, 2.45) is 0 Å². The number of nitrogens with zero attached hydrogens (tertiary/aromatic N) is 4. The van der Waals surface area contributed by atoms with Gasteiger partial charge in [-0.1, -0.05) is 11.6 Å². The van der Waals surface area contributed by atoms with Crippen molar-refractivity contribution in [3.8, 4) is 11.4 Å². The Morgan fingerprint density at radius 2 is 1.94 bits per heavy atom. The molecule has 0 fully saturated rings. The Morgan fingerprint density at radius 3 is 2.70 bits per heavy atom. The molecule has 3 N–H and O–H groups in total. The van der Waals surface area contributed by atoms with E-state index in [0.29, 0.717) is 39.1 Å². The van der Waals surface area contributed by atoms with Crippen molar-refractivity contribution in [2.45, 2.75) is 13.0 Å². The average Bonchev–Trinajstić information content (AvgIpc) is 2.79. The first kappa shape index (κ1) is 21.2. The molecule has 2 aromatic carbocycles. The van der Waals surface area contributed by atoms with Crippen LogP contribution in [0.15, 0.2) is 53.5 Å². The molecule has 0 saturated heterocycles. The van der Waals surface area contributed by atoms with Gasteiger partial charge >= 0.3 is 0 Å². The van der Waals surface area contributed by atoms with E-state index in [4.69, 9.17) is 22.1 Å². The number of halogens is 1. The minimum atomic E-state index is -0.290. The number of anilines is 3. The Labute approximate surface area is 195 Å². The zero-order valence-corrected chi connectivity index (χ0v) is 19.1. The zero-order valence-electron chi connectivity index (χ0n) is 18.3. The number of rotatable bonds is 4. The van der Waals surface area contributed by atoms with Crippen LogP contribution in [-0.2, 0) is 13.0 Å². The quantitative estimate of drug-likeness (QED) is 0.476. The van der Waals surface area contributed by atoms with Gasteiger partial charge in [-0.15, -0.1) is 0 Å². The minimum Gasteiger partial charge on any atom is -0.495 e. The van der Waals surface area contributed by atoms with Gasteiger partial charge in [-0.3, -0.25) is 9.36 Å². The van der Waals surface area contributed by atoms with E-state index in [0.717, 1.165) is 25.2 Å². The summed E-state index contributed by atoms with van der Waals surface area (Å²) in [6.45, 7) is 1.87. The summed E-state index contributed by atoms with van der Waals surface area (Å²) in [5.41, 5.74) is 10.4. The van der Waals surface area contributed by atoms with E-state index in [1.54, 1.807) is 37.6 Å². The lowest BCUT2D eigenvalue weighted by Crippen LogP contribution is -2.26. The van der Waals surface area contributed by atoms with E-state index >= 15 is 0 Å². The first-order valence-corrected chi connectivity index (χ1v) is 10.9. The monoisotopic (exact) mass is 462 g/mol. The van der Waals surface area contributed by atoms with Crippen molar-refractivity contribution in [2.75, 3.05) is 31.8 Å². The SMILES string of the molecule is COc1cc2c(cc1Nc1ncc3c(N)cc(=O)n(-c4ccc(Cl)cc4)c3n1)CN(C)CC2. The van der Waals surface area contributed by atoms with Crippen molar-refractivity contribution in [1.29, 1.82) is 0 Å². The van der Waals surface area contributed by atoms with E-state index in [1.165, 1.54) is 21.8 Å². The standard InChI is InChI=1S/C24H23ClN6O2/c1-30-8-7-14-10-21(33-2)20(9-15(14)13-30)28-24-27-12-18-19(26)11-22(32)31(23(18)29-24)17-5-3-16(25)4-6-17/h3-6,9-12H,7-8,13,26H2,1-2H3,(H,27,28,29). The van der Waals surface area contributed by atoms with Gasteiger partial charge in [0.1, 0.15) is 5.75 Å². The third-order valence-electron chi connectivity index (χ3n) is 5.85. The highest BCUT2D eigenvalue weighted by molar-refractivity contribution is 6.30. The number of fused-ring (bicyclic) bond motifs is 2. The highest BCUT2D eigenvalue weighted by Gasteiger charge is 2.18. The molecule has 5 rings (SSSR count). The van der Waals surface area contributed by atoms with Crippen molar-refractivity contribution < 1.29 is 4.74 Å². The first-order chi connectivity index (χ1) is 15.9. The van der Waals surface area contributed by atoms with Gasteiger partial charge in [0.15, 0.2) is 5.65 Å². The Balaban J connectivity index is 1.62. The lowest BCUT2D eigenvalue weighted by atomic mass is 9.99. The summed E-state index contributed by atoms with van der Waals surface area (Å²) in [5, 5.41) is 4.42. The molecule has 0 radical (unpaired) electrons. The molecule has 2 aromatic heterocycles. The number of nitrogens with two attached hydrogens (primary N) is 1. The van der Waals surface area contributed by atoms with Gasteiger partial charge in [-0.05, 0) is 61.0 Å². The number of pyridine rings is 1. The molecule has 0 atom stereocenters. The normalized spacial score (nSPS) is 13.7. The molecule has 1 aliphatic heterocycles. The molecular weight excluding hydrogens is 440 g/mol. The summed E-state index contributed by atoms with van der Waals surface area (Å²) in [6.07, 6.45) is 2.59. The lowest BCUT2D eigenvalue weighted by Gasteiger charge is -2.26. The zero-order chi connectivity index (χ0) is 23.1. The van der Waals surface area contributed by atoms with Crippen LogP contribution in [0.4, 0.5) is 17.3 Å². The van der Waals surface area contributed by atoms with Crippen LogP contribution < -0.4 is 21.3 Å². The third-order valence-corrected chi connectivity index (χ3v) is 6.10. The van der Waals surface area contributed by atoms with Crippen LogP contribution in [0.3, 0.4) is 0 Å². The maximum absolute atomic E-state index is 12.8. The lowest BCUT2D eigenvalue weighted by molar-refractivity contribution is 0.312. The average molecular weight is 463 g/mol. The Morgan fingerprint density at radius 1 is 1.15 bits per heavy atom. The number of likely N-dealkylation sites (N-methyl/N-ethyl adjacent to an activating group) is 1. The molecule has 0 unspecified atom stereocenters. The molecule has 3 heterocycles. The smallest absolute Gasteiger partial charge is 0.258 e. The van der Waals surface area contributed by atoms with Gasteiger partial charge in [-0.2, -0.15) is 4.98 Å². The van der Waals surface area contributed by atoms with E-state index in [2.05, 4.69) is 39.4 Å². The Hall–Kier alpha value is -3.62. The third kappa shape index (κ3) is 3.99. The molecule has 168 valence electrons. The van der Waals surface area contributed by atoms with Crippen LogP contribution in [0.5, 0.6) is 5.75 Å². The predicted molar refractivity (Wildman–Crippen MR) is 131 cm³/mol. The summed E-state index contributed by atoms with van der Waals surface area (Å²) >= 11 is 6.03. The van der Waals surface area contributed by atoms with Crippen LogP contribution in [0.2, 0.25) is 5.02 Å². The number of aromatic nitrogens is 3. The van der Waals surface area contributed by atoms with Crippen LogP contribution in [0, 0.1) is 0 Å². The number of nitrogens with one attached hydrogen (secondary N) is 1. The first-order valence-electron chi connectivity index (χ1n) is 10.5. The van der Waals surface area contributed by atoms with Crippen LogP contribution >= 0.6 is 11.6 Å². The summed E-state index contributed by atoms with van der Waals surface area (Å²) in [4.78, 5) is 24.2. The van der Waals surface area contributed by atoms with Crippen LogP contribution in [0.1, 0.15) is 11.1 Å². The second-order valence-electron chi connectivity index (χ2n) is 8.11. The molecule has 0 aliphatic carbocycles. The molecule has 0 spiro atoms. The topological polar surface area (TPSA) is 98.3 Å². The molecule has 0 amide bonds. The maximum Gasteiger partial charge on any atom is 0.258 e. The van der Waals surface area contributed by atoms with E-state index in [9.17, 15) is 4.79 Å². The van der Waals surface area contributed by atoms with E-state index < -0.39 is 0 Å². The molecular formula is C24H23ClN6O2. The number of nitrogen functional groups attached to an aromatic ring is 1. The number of hydrogen-bond acceptors (Lipinski definition) is 7. The molecule has 8 nitrogen and oxygen atoms in total. The molecule has 1 aliphatic rings. The van der Waals surface area contributed by atoms with Crippen LogP contribution in [0.25, 0.3) is 16.7 Å². The predicted octanol–water partition coefficient (Wildman–Crippen LogP) is 3.76. The molecule has 4 aromatic rings. The number of ether oxygens (including phenoxy) is 1. The second-order valence-corrected chi connectivity index (χ2v) is 8.55. The van der Waals surface area contributed by atoms with E-state index in [-0.39, 0.29) is 5.56 Å². The van der Waals surface area contributed by atoms with Crippen molar-refractivity contribution in [1.82, 2.24) is 19.4 Å². The molecule has 0 saturated carbocycles. The van der Waals surface area contributed by atoms with Gasteiger partial charge in [0.25, 0.3) is 5.56 Å². The Kier molecular flexibility index (Phi) is 5.39. The van der Waals surface area contributed by atoms with Gasteiger partial charge in [0.05, 0.1) is 23.9 Å². The largest absolute Gasteiger partial charge is 0.495 e. The number of hydrogen-bond donors (Lipinski definition) is 2. The van der Waals surface area contributed by atoms with Gasteiger partial charge in [0, 0.05) is 36.1 Å². The highest BCUT2D eigenvalue weighted by Crippen LogP contribution is 2.33. The van der Waals surface area contributed by atoms with Crippen molar-refractivity contribution in [3.63, 3.8) is 0 Å². The van der Waals surface area contributed by atoms with Gasteiger partial charge in [0.2, 0.25) is 5.95 Å².